The zero-order valence-corrected chi connectivity index (χ0v) is 18.2. The van der Waals surface area contributed by atoms with Gasteiger partial charge in [0.25, 0.3) is 5.43 Å². The number of hydrogen-bond donors (Lipinski definition) is 2. The van der Waals surface area contributed by atoms with Crippen molar-refractivity contribution in [1.29, 1.82) is 0 Å². The standard InChI is InChI=1S/C25H21N5O3/c1-14-3-8-20-18(12-29-30(20)2)17(14)9-10-26-21-11-19(27-13-28-21)15-4-6-16(7-5-15)22-23(31)25(33)24(22)32/h3-8,11-13,31H,9-10H2,1-2H3,(H,26,27,28). The van der Waals surface area contributed by atoms with Crippen LogP contribution in [0.1, 0.15) is 11.1 Å². The quantitative estimate of drug-likeness (QED) is 0.392. The van der Waals surface area contributed by atoms with Crippen LogP contribution in [-0.4, -0.2) is 31.4 Å². The van der Waals surface area contributed by atoms with Gasteiger partial charge in [-0.15, -0.1) is 0 Å². The molecule has 0 fully saturated rings. The molecule has 0 saturated carbocycles. The molecular formula is C25H21N5O3. The average Bonchev–Trinajstić information content (AvgIpc) is 3.21. The Morgan fingerprint density at radius 3 is 2.52 bits per heavy atom. The van der Waals surface area contributed by atoms with Crippen LogP contribution >= 0.6 is 0 Å². The zero-order valence-electron chi connectivity index (χ0n) is 18.2. The molecule has 0 bridgehead atoms. The van der Waals surface area contributed by atoms with Crippen molar-refractivity contribution < 1.29 is 5.11 Å². The number of nitrogens with one attached hydrogen (secondary N) is 1. The van der Waals surface area contributed by atoms with Crippen LogP contribution in [0, 0.1) is 6.92 Å². The van der Waals surface area contributed by atoms with Gasteiger partial charge in [-0.25, -0.2) is 9.97 Å². The van der Waals surface area contributed by atoms with E-state index in [-0.39, 0.29) is 5.56 Å². The molecule has 164 valence electrons. The third-order valence-corrected chi connectivity index (χ3v) is 5.98. The number of rotatable bonds is 6. The Hall–Kier alpha value is -4.33. The van der Waals surface area contributed by atoms with Crippen molar-refractivity contribution in [3.63, 3.8) is 0 Å². The first-order chi connectivity index (χ1) is 15.9. The van der Waals surface area contributed by atoms with Crippen LogP contribution in [0.5, 0.6) is 5.75 Å². The minimum atomic E-state index is -0.837. The van der Waals surface area contributed by atoms with E-state index in [1.165, 1.54) is 17.5 Å². The Bertz CT molecular complexity index is 1560. The number of fused-ring (bicyclic) bond motifs is 1. The molecule has 0 aliphatic carbocycles. The second-order valence-corrected chi connectivity index (χ2v) is 7.99. The number of nitrogens with zero attached hydrogens (tertiary/aromatic N) is 4. The summed E-state index contributed by atoms with van der Waals surface area (Å²) in [5, 5.41) is 18.5. The van der Waals surface area contributed by atoms with Crippen LogP contribution in [0.2, 0.25) is 0 Å². The molecule has 0 aliphatic heterocycles. The fraction of sp³-hybridized carbons (Fsp3) is 0.160. The van der Waals surface area contributed by atoms with E-state index in [9.17, 15) is 14.7 Å². The molecule has 2 aromatic heterocycles. The van der Waals surface area contributed by atoms with Crippen molar-refractivity contribution in [2.24, 2.45) is 7.05 Å². The van der Waals surface area contributed by atoms with Crippen LogP contribution in [0.25, 0.3) is 33.3 Å². The molecular weight excluding hydrogens is 418 g/mol. The molecule has 5 aromatic rings. The van der Waals surface area contributed by atoms with Gasteiger partial charge in [0.2, 0.25) is 5.43 Å². The molecule has 8 heteroatoms. The van der Waals surface area contributed by atoms with E-state index in [0.717, 1.165) is 28.6 Å². The Labute approximate surface area is 188 Å². The van der Waals surface area contributed by atoms with E-state index < -0.39 is 16.6 Å². The summed E-state index contributed by atoms with van der Waals surface area (Å²) in [7, 11) is 1.94. The van der Waals surface area contributed by atoms with Crippen molar-refractivity contribution in [1.82, 2.24) is 19.7 Å². The number of aryl methyl sites for hydroxylation is 2. The van der Waals surface area contributed by atoms with Crippen molar-refractivity contribution in [3.8, 4) is 28.1 Å². The van der Waals surface area contributed by atoms with Crippen molar-refractivity contribution in [2.75, 3.05) is 11.9 Å². The van der Waals surface area contributed by atoms with Crippen LogP contribution in [0.15, 0.2) is 64.6 Å². The lowest BCUT2D eigenvalue weighted by molar-refractivity contribution is 0.465. The number of benzene rings is 2. The molecule has 0 amide bonds. The maximum absolute atomic E-state index is 11.7. The summed E-state index contributed by atoms with van der Waals surface area (Å²) in [6.07, 6.45) is 4.24. The number of anilines is 1. The molecule has 8 nitrogen and oxygen atoms in total. The molecule has 0 radical (unpaired) electrons. The van der Waals surface area contributed by atoms with Gasteiger partial charge in [-0.05, 0) is 36.1 Å². The highest BCUT2D eigenvalue weighted by Gasteiger charge is 2.21. The third kappa shape index (κ3) is 3.55. The highest BCUT2D eigenvalue weighted by molar-refractivity contribution is 5.83. The van der Waals surface area contributed by atoms with Gasteiger partial charge >= 0.3 is 0 Å². The van der Waals surface area contributed by atoms with Gasteiger partial charge < -0.3 is 10.4 Å². The van der Waals surface area contributed by atoms with Crippen LogP contribution in [-0.2, 0) is 13.5 Å². The Balaban J connectivity index is 1.31. The van der Waals surface area contributed by atoms with Gasteiger partial charge in [0, 0.05) is 30.6 Å². The zero-order chi connectivity index (χ0) is 23.1. The van der Waals surface area contributed by atoms with Crippen LogP contribution < -0.4 is 16.2 Å². The highest BCUT2D eigenvalue weighted by atomic mass is 16.3. The lowest BCUT2D eigenvalue weighted by Gasteiger charge is -2.11. The molecule has 0 unspecified atom stereocenters. The SMILES string of the molecule is Cc1ccc2c(cnn2C)c1CCNc1cc(-c2ccc(-c3c(O)c(=O)c3=O)cc2)ncn1. The van der Waals surface area contributed by atoms with Gasteiger partial charge in [-0.1, -0.05) is 30.3 Å². The van der Waals surface area contributed by atoms with E-state index >= 15 is 0 Å². The largest absolute Gasteiger partial charge is 0.503 e. The van der Waals surface area contributed by atoms with Gasteiger partial charge in [-0.3, -0.25) is 14.3 Å². The minimum absolute atomic E-state index is 0.0653. The first-order valence-electron chi connectivity index (χ1n) is 10.5. The summed E-state index contributed by atoms with van der Waals surface area (Å²) >= 11 is 0. The predicted molar refractivity (Wildman–Crippen MR) is 127 cm³/mol. The second-order valence-electron chi connectivity index (χ2n) is 7.99. The van der Waals surface area contributed by atoms with Crippen molar-refractivity contribution in [2.45, 2.75) is 13.3 Å². The molecule has 3 aromatic carbocycles. The molecule has 0 saturated heterocycles. The Morgan fingerprint density at radius 1 is 1.00 bits per heavy atom. The normalized spacial score (nSPS) is 11.3. The molecule has 0 aliphatic rings. The second kappa shape index (κ2) is 7.98. The van der Waals surface area contributed by atoms with Gasteiger partial charge in [-0.2, -0.15) is 5.10 Å². The number of hydrogen-bond acceptors (Lipinski definition) is 7. The highest BCUT2D eigenvalue weighted by Crippen LogP contribution is 2.27. The van der Waals surface area contributed by atoms with Gasteiger partial charge in [0.05, 0.1) is 23.0 Å². The molecule has 0 atom stereocenters. The molecule has 2 N–H and O–H groups in total. The van der Waals surface area contributed by atoms with Crippen molar-refractivity contribution >= 4 is 16.7 Å². The topological polar surface area (TPSA) is 110 Å². The minimum Gasteiger partial charge on any atom is -0.503 e. The Kier molecular flexibility index (Phi) is 4.97. The monoisotopic (exact) mass is 439 g/mol. The Morgan fingerprint density at radius 2 is 1.76 bits per heavy atom. The average molecular weight is 439 g/mol. The summed E-state index contributed by atoms with van der Waals surface area (Å²) in [6, 6.07) is 13.0. The van der Waals surface area contributed by atoms with Crippen LogP contribution in [0.4, 0.5) is 5.82 Å². The molecule has 0 spiro atoms. The van der Waals surface area contributed by atoms with E-state index in [2.05, 4.69) is 39.4 Å². The predicted octanol–water partition coefficient (Wildman–Crippen LogP) is 2.96. The molecule has 33 heavy (non-hydrogen) atoms. The molecule has 2 heterocycles. The van der Waals surface area contributed by atoms with E-state index in [1.807, 2.05) is 24.0 Å². The van der Waals surface area contributed by atoms with Gasteiger partial charge in [0.15, 0.2) is 5.75 Å². The first-order valence-corrected chi connectivity index (χ1v) is 10.5. The maximum atomic E-state index is 11.7. The summed E-state index contributed by atoms with van der Waals surface area (Å²) in [5.74, 6) is 0.235. The smallest absolute Gasteiger partial charge is 0.268 e. The fourth-order valence-corrected chi connectivity index (χ4v) is 4.11. The maximum Gasteiger partial charge on any atom is 0.268 e. The summed E-state index contributed by atoms with van der Waals surface area (Å²) in [6.45, 7) is 2.81. The van der Waals surface area contributed by atoms with Crippen molar-refractivity contribution in [3.05, 3.63) is 86.6 Å². The molecule has 5 rings (SSSR count). The summed E-state index contributed by atoms with van der Waals surface area (Å²) < 4.78 is 1.88. The first kappa shape index (κ1) is 20.6. The van der Waals surface area contributed by atoms with E-state index in [0.29, 0.717) is 17.9 Å². The lowest BCUT2D eigenvalue weighted by atomic mass is 9.98. The summed E-state index contributed by atoms with van der Waals surface area (Å²) in [5.41, 5.74) is 4.23. The fourth-order valence-electron chi connectivity index (χ4n) is 4.11. The van der Waals surface area contributed by atoms with Crippen LogP contribution in [0.3, 0.4) is 0 Å². The number of aromatic hydroxyl groups is 1. The van der Waals surface area contributed by atoms with E-state index in [4.69, 9.17) is 0 Å². The summed E-state index contributed by atoms with van der Waals surface area (Å²) in [4.78, 5) is 31.6. The van der Waals surface area contributed by atoms with Gasteiger partial charge in [0.1, 0.15) is 12.1 Å². The lowest BCUT2D eigenvalue weighted by Crippen LogP contribution is -2.31. The number of aromatic nitrogens is 4. The third-order valence-electron chi connectivity index (χ3n) is 5.98. The van der Waals surface area contributed by atoms with E-state index in [1.54, 1.807) is 24.3 Å².